The highest BCUT2D eigenvalue weighted by Crippen LogP contribution is 2.31. The normalized spacial score (nSPS) is 10.9. The van der Waals surface area contributed by atoms with Gasteiger partial charge in [-0.25, -0.2) is 8.78 Å². The first-order chi connectivity index (χ1) is 15.6. The van der Waals surface area contributed by atoms with Gasteiger partial charge in [0.1, 0.15) is 17.7 Å². The van der Waals surface area contributed by atoms with Crippen molar-refractivity contribution >= 4 is 10.8 Å². The van der Waals surface area contributed by atoms with Crippen LogP contribution in [0.3, 0.4) is 0 Å². The highest BCUT2D eigenvalue weighted by Gasteiger charge is 2.11. The molecule has 0 aliphatic carbocycles. The third kappa shape index (κ3) is 4.55. The molecular formula is C29H25F2N. The molecule has 4 aromatic rings. The number of hydrogen-bond acceptors (Lipinski definition) is 1. The van der Waals surface area contributed by atoms with Gasteiger partial charge in [0, 0.05) is 10.9 Å². The molecule has 3 heteroatoms. The number of fused-ring (bicyclic) bond motifs is 1. The Morgan fingerprint density at radius 2 is 1.50 bits per heavy atom. The fourth-order valence-corrected chi connectivity index (χ4v) is 4.10. The van der Waals surface area contributed by atoms with E-state index in [1.165, 1.54) is 37.0 Å². The lowest BCUT2D eigenvalue weighted by Crippen LogP contribution is -1.91. The molecule has 4 aromatic carbocycles. The fourth-order valence-electron chi connectivity index (χ4n) is 4.10. The van der Waals surface area contributed by atoms with Crippen molar-refractivity contribution < 1.29 is 8.78 Å². The topological polar surface area (TPSA) is 23.8 Å². The molecule has 0 unspecified atom stereocenters. The van der Waals surface area contributed by atoms with Crippen LogP contribution in [0.15, 0.2) is 72.8 Å². The summed E-state index contributed by atoms with van der Waals surface area (Å²) in [5.74, 6) is -0.767. The van der Waals surface area contributed by atoms with Crippen LogP contribution in [0.5, 0.6) is 0 Å². The van der Waals surface area contributed by atoms with Crippen LogP contribution < -0.4 is 0 Å². The Labute approximate surface area is 188 Å². The molecule has 32 heavy (non-hydrogen) atoms. The molecule has 0 aromatic heterocycles. The van der Waals surface area contributed by atoms with E-state index in [4.69, 9.17) is 5.26 Å². The van der Waals surface area contributed by atoms with Gasteiger partial charge in [-0.2, -0.15) is 5.26 Å². The van der Waals surface area contributed by atoms with Crippen LogP contribution in [-0.2, 0) is 6.42 Å². The van der Waals surface area contributed by atoms with Gasteiger partial charge in [0.05, 0.1) is 5.56 Å². The first-order valence-electron chi connectivity index (χ1n) is 11.1. The van der Waals surface area contributed by atoms with E-state index in [-0.39, 0.29) is 11.4 Å². The van der Waals surface area contributed by atoms with E-state index >= 15 is 4.39 Å². The summed E-state index contributed by atoms with van der Waals surface area (Å²) < 4.78 is 29.3. The summed E-state index contributed by atoms with van der Waals surface area (Å²) in [6.45, 7) is 2.21. The highest BCUT2D eigenvalue weighted by atomic mass is 19.1. The van der Waals surface area contributed by atoms with E-state index in [9.17, 15) is 4.39 Å². The number of hydrogen-bond donors (Lipinski definition) is 0. The number of halogens is 2. The van der Waals surface area contributed by atoms with Gasteiger partial charge in [-0.1, -0.05) is 86.8 Å². The Kier molecular flexibility index (Phi) is 6.61. The summed E-state index contributed by atoms with van der Waals surface area (Å²) in [7, 11) is 0. The zero-order chi connectivity index (χ0) is 22.5. The second-order valence-electron chi connectivity index (χ2n) is 8.18. The molecule has 0 fully saturated rings. The minimum Gasteiger partial charge on any atom is -0.206 e. The third-order valence-electron chi connectivity index (χ3n) is 5.96. The van der Waals surface area contributed by atoms with Gasteiger partial charge < -0.3 is 0 Å². The Hall–Kier alpha value is -3.51. The molecule has 160 valence electrons. The summed E-state index contributed by atoms with van der Waals surface area (Å²) in [4.78, 5) is 0. The first-order valence-corrected chi connectivity index (χ1v) is 11.1. The van der Waals surface area contributed by atoms with E-state index in [0.717, 1.165) is 29.4 Å². The van der Waals surface area contributed by atoms with E-state index in [0.29, 0.717) is 16.5 Å². The second-order valence-corrected chi connectivity index (χ2v) is 8.18. The first kappa shape index (κ1) is 21.7. The number of rotatable bonds is 7. The molecule has 0 bridgehead atoms. The van der Waals surface area contributed by atoms with Crippen molar-refractivity contribution in [3.63, 3.8) is 0 Å². The lowest BCUT2D eigenvalue weighted by molar-refractivity contribution is 0.624. The second kappa shape index (κ2) is 9.75. The molecule has 0 atom stereocenters. The van der Waals surface area contributed by atoms with Crippen LogP contribution in [0.4, 0.5) is 8.78 Å². The number of benzene rings is 4. The van der Waals surface area contributed by atoms with Gasteiger partial charge in [0.25, 0.3) is 0 Å². The molecule has 0 saturated heterocycles. The zero-order valence-corrected chi connectivity index (χ0v) is 18.2. The van der Waals surface area contributed by atoms with Crippen molar-refractivity contribution in [2.24, 2.45) is 0 Å². The van der Waals surface area contributed by atoms with E-state index in [2.05, 4.69) is 13.0 Å². The summed E-state index contributed by atoms with van der Waals surface area (Å²) in [5.41, 5.74) is 4.08. The van der Waals surface area contributed by atoms with Gasteiger partial charge in [0.15, 0.2) is 0 Å². The van der Waals surface area contributed by atoms with Crippen LogP contribution in [0.1, 0.15) is 43.7 Å². The average molecular weight is 426 g/mol. The van der Waals surface area contributed by atoms with Crippen LogP contribution in [0, 0.1) is 23.0 Å². The molecule has 0 saturated carbocycles. The Bertz CT molecular complexity index is 1280. The quantitative estimate of drug-likeness (QED) is 0.273. The van der Waals surface area contributed by atoms with Crippen LogP contribution >= 0.6 is 0 Å². The van der Waals surface area contributed by atoms with Crippen molar-refractivity contribution in [1.29, 1.82) is 5.26 Å². The minimum absolute atomic E-state index is 0.0210. The molecule has 0 amide bonds. The summed E-state index contributed by atoms with van der Waals surface area (Å²) in [6.07, 6.45) is 5.89. The van der Waals surface area contributed by atoms with Crippen LogP contribution in [-0.4, -0.2) is 0 Å². The molecule has 0 aliphatic heterocycles. The van der Waals surface area contributed by atoms with Gasteiger partial charge in [-0.15, -0.1) is 0 Å². The zero-order valence-electron chi connectivity index (χ0n) is 18.2. The Balaban J connectivity index is 1.58. The van der Waals surface area contributed by atoms with E-state index in [1.54, 1.807) is 6.07 Å². The predicted molar refractivity (Wildman–Crippen MR) is 127 cm³/mol. The standard InChI is InChI=1S/C29H25F2N/c1-2-3-4-5-6-20-7-15-27-24(17-20)14-16-26(29(27)31)22-10-8-21(9-11-22)23-12-13-25(19-32)28(30)18-23/h7-18H,2-6H2,1H3. The van der Waals surface area contributed by atoms with Crippen LogP contribution in [0.2, 0.25) is 0 Å². The third-order valence-corrected chi connectivity index (χ3v) is 5.96. The monoisotopic (exact) mass is 425 g/mol. The predicted octanol–water partition coefficient (Wildman–Crippen LogP) is 8.45. The van der Waals surface area contributed by atoms with E-state index < -0.39 is 5.82 Å². The fraction of sp³-hybridized carbons (Fsp3) is 0.207. The smallest absolute Gasteiger partial charge is 0.141 e. The summed E-state index contributed by atoms with van der Waals surface area (Å²) in [6, 6.07) is 23.6. The Morgan fingerprint density at radius 1 is 0.750 bits per heavy atom. The molecule has 0 radical (unpaired) electrons. The van der Waals surface area contributed by atoms with Crippen LogP contribution in [0.25, 0.3) is 33.0 Å². The summed E-state index contributed by atoms with van der Waals surface area (Å²) >= 11 is 0. The van der Waals surface area contributed by atoms with Gasteiger partial charge in [-0.3, -0.25) is 0 Å². The van der Waals surface area contributed by atoms with Crippen molar-refractivity contribution in [3.8, 4) is 28.3 Å². The molecule has 0 aliphatic rings. The number of nitriles is 1. The highest BCUT2D eigenvalue weighted by molar-refractivity contribution is 5.89. The van der Waals surface area contributed by atoms with Gasteiger partial charge in [-0.05, 0) is 52.6 Å². The van der Waals surface area contributed by atoms with Gasteiger partial charge in [0.2, 0.25) is 0 Å². The number of nitrogens with zero attached hydrogens (tertiary/aromatic N) is 1. The van der Waals surface area contributed by atoms with Crippen molar-refractivity contribution in [3.05, 3.63) is 95.6 Å². The molecule has 1 nitrogen and oxygen atoms in total. The maximum atomic E-state index is 15.3. The lowest BCUT2D eigenvalue weighted by Gasteiger charge is -2.10. The minimum atomic E-state index is -0.542. The maximum Gasteiger partial charge on any atom is 0.141 e. The number of aryl methyl sites for hydroxylation is 1. The molecule has 0 N–H and O–H groups in total. The molecule has 0 heterocycles. The molecular weight excluding hydrogens is 400 g/mol. The van der Waals surface area contributed by atoms with Gasteiger partial charge >= 0.3 is 0 Å². The molecule has 4 rings (SSSR count). The molecule has 0 spiro atoms. The lowest BCUT2D eigenvalue weighted by atomic mass is 9.96. The van der Waals surface area contributed by atoms with Crippen molar-refractivity contribution in [2.75, 3.05) is 0 Å². The average Bonchev–Trinajstić information content (AvgIpc) is 2.82. The van der Waals surface area contributed by atoms with Crippen molar-refractivity contribution in [2.45, 2.75) is 39.0 Å². The largest absolute Gasteiger partial charge is 0.206 e. The Morgan fingerprint density at radius 3 is 2.22 bits per heavy atom. The number of unbranched alkanes of at least 4 members (excludes halogenated alkanes) is 3. The SMILES string of the molecule is CCCCCCc1ccc2c(F)c(-c3ccc(-c4ccc(C#N)c(F)c4)cc3)ccc2c1. The summed E-state index contributed by atoms with van der Waals surface area (Å²) in [5, 5.41) is 10.4. The maximum absolute atomic E-state index is 15.3. The van der Waals surface area contributed by atoms with E-state index in [1.807, 2.05) is 54.6 Å². The van der Waals surface area contributed by atoms with Crippen molar-refractivity contribution in [1.82, 2.24) is 0 Å².